The molecule has 132 valence electrons. The summed E-state index contributed by atoms with van der Waals surface area (Å²) in [5, 5.41) is 15.5. The highest BCUT2D eigenvalue weighted by atomic mass is 32.2. The van der Waals surface area contributed by atoms with E-state index in [4.69, 9.17) is 4.74 Å². The predicted molar refractivity (Wildman–Crippen MR) is 103 cm³/mol. The second-order valence-electron chi connectivity index (χ2n) is 5.35. The normalized spacial score (nSPS) is 11.0. The molecule has 0 unspecified atom stereocenters. The lowest BCUT2D eigenvalue weighted by Gasteiger charge is -2.04. The number of fused-ring (bicyclic) bond motifs is 1. The molecule has 0 fully saturated rings. The summed E-state index contributed by atoms with van der Waals surface area (Å²) in [6.45, 7) is 0. The van der Waals surface area contributed by atoms with Gasteiger partial charge in [0.2, 0.25) is 5.91 Å². The summed E-state index contributed by atoms with van der Waals surface area (Å²) in [6, 6.07) is 16.4. The van der Waals surface area contributed by atoms with E-state index in [-0.39, 0.29) is 17.4 Å². The molecule has 1 amide bonds. The zero-order chi connectivity index (χ0) is 18.4. The lowest BCUT2D eigenvalue weighted by molar-refractivity contribution is -0.118. The molecule has 0 bridgehead atoms. The Kier molecular flexibility index (Phi) is 5.70. The molecule has 0 aliphatic rings. The van der Waals surface area contributed by atoms with Crippen LogP contribution in [0.3, 0.4) is 0 Å². The molecule has 1 heterocycles. The Morgan fingerprint density at radius 3 is 2.96 bits per heavy atom. The number of ether oxygens (including phenoxy) is 1. The zero-order valence-corrected chi connectivity index (χ0v) is 14.9. The molecule has 0 spiro atoms. The number of carbonyl (C=O) groups excluding carboxylic acids is 1. The first-order valence-electron chi connectivity index (χ1n) is 7.83. The van der Waals surface area contributed by atoms with Gasteiger partial charge in [-0.1, -0.05) is 36.0 Å². The van der Waals surface area contributed by atoms with Gasteiger partial charge in [0.25, 0.3) is 0 Å². The Morgan fingerprint density at radius 2 is 2.12 bits per heavy atom. The lowest BCUT2D eigenvalue weighted by atomic mass is 10.2. The van der Waals surface area contributed by atoms with Crippen molar-refractivity contribution in [3.05, 3.63) is 60.2 Å². The van der Waals surface area contributed by atoms with Gasteiger partial charge in [-0.3, -0.25) is 4.79 Å². The quantitative estimate of drug-likeness (QED) is 0.397. The van der Waals surface area contributed by atoms with Gasteiger partial charge in [-0.05, 0) is 30.3 Å². The maximum atomic E-state index is 11.9. The topological polar surface area (TPSA) is 83.8 Å². The van der Waals surface area contributed by atoms with E-state index >= 15 is 0 Å². The number of para-hydroxylation sites is 1. The number of thioether (sulfide) groups is 1. The third-order valence-corrected chi connectivity index (χ3v) is 4.48. The molecule has 0 atom stereocenters. The van der Waals surface area contributed by atoms with Crippen LogP contribution in [0.15, 0.2) is 64.7 Å². The predicted octanol–water partition coefficient (Wildman–Crippen LogP) is 3.19. The SMILES string of the molecule is COc1ccc(O)c(C=NNC(=O)CSc2ccc3ccccc3n2)c1. The van der Waals surface area contributed by atoms with Crippen LogP contribution in [0, 0.1) is 0 Å². The van der Waals surface area contributed by atoms with E-state index in [1.807, 2.05) is 36.4 Å². The molecule has 1 aromatic heterocycles. The van der Waals surface area contributed by atoms with E-state index in [1.54, 1.807) is 12.1 Å². The molecular formula is C19H17N3O3S. The Morgan fingerprint density at radius 1 is 1.27 bits per heavy atom. The molecule has 3 rings (SSSR count). The van der Waals surface area contributed by atoms with Gasteiger partial charge in [0.15, 0.2) is 0 Å². The molecule has 2 N–H and O–H groups in total. The molecular weight excluding hydrogens is 350 g/mol. The van der Waals surface area contributed by atoms with Crippen LogP contribution in [0.1, 0.15) is 5.56 Å². The summed E-state index contributed by atoms with van der Waals surface area (Å²) in [5.41, 5.74) is 3.78. The van der Waals surface area contributed by atoms with Crippen LogP contribution in [0.5, 0.6) is 11.5 Å². The van der Waals surface area contributed by atoms with Crippen LogP contribution in [-0.2, 0) is 4.79 Å². The van der Waals surface area contributed by atoms with Gasteiger partial charge in [0.1, 0.15) is 11.5 Å². The van der Waals surface area contributed by atoms with Gasteiger partial charge in [-0.2, -0.15) is 5.10 Å². The highest BCUT2D eigenvalue weighted by Crippen LogP contribution is 2.21. The molecule has 0 radical (unpaired) electrons. The van der Waals surface area contributed by atoms with Crippen molar-refractivity contribution in [1.82, 2.24) is 10.4 Å². The van der Waals surface area contributed by atoms with Crippen LogP contribution in [0.2, 0.25) is 0 Å². The summed E-state index contributed by atoms with van der Waals surface area (Å²) >= 11 is 1.33. The van der Waals surface area contributed by atoms with Gasteiger partial charge < -0.3 is 9.84 Å². The highest BCUT2D eigenvalue weighted by Gasteiger charge is 2.05. The second-order valence-corrected chi connectivity index (χ2v) is 6.34. The number of aromatic nitrogens is 1. The second kappa shape index (κ2) is 8.35. The molecule has 6 nitrogen and oxygen atoms in total. The number of hydrogen-bond donors (Lipinski definition) is 2. The minimum absolute atomic E-state index is 0.0542. The number of aromatic hydroxyl groups is 1. The number of amides is 1. The van der Waals surface area contributed by atoms with E-state index in [0.29, 0.717) is 11.3 Å². The number of nitrogens with zero attached hydrogens (tertiary/aromatic N) is 2. The van der Waals surface area contributed by atoms with Crippen LogP contribution in [-0.4, -0.2) is 35.1 Å². The van der Waals surface area contributed by atoms with Crippen molar-refractivity contribution in [3.63, 3.8) is 0 Å². The standard InChI is InChI=1S/C19H17N3O3S/c1-25-15-7-8-17(23)14(10-15)11-20-22-18(24)12-26-19-9-6-13-4-2-3-5-16(13)21-19/h2-11,23H,12H2,1H3,(H,22,24). The fourth-order valence-electron chi connectivity index (χ4n) is 2.24. The van der Waals surface area contributed by atoms with Gasteiger partial charge in [0.05, 0.1) is 29.6 Å². The molecule has 2 aromatic carbocycles. The van der Waals surface area contributed by atoms with Crippen LogP contribution in [0.25, 0.3) is 10.9 Å². The van der Waals surface area contributed by atoms with Crippen LogP contribution >= 0.6 is 11.8 Å². The van der Waals surface area contributed by atoms with Crippen molar-refractivity contribution >= 4 is 34.8 Å². The fraction of sp³-hybridized carbons (Fsp3) is 0.105. The average molecular weight is 367 g/mol. The number of rotatable bonds is 6. The lowest BCUT2D eigenvalue weighted by Crippen LogP contribution is -2.19. The van der Waals surface area contributed by atoms with Crippen molar-refractivity contribution in [2.24, 2.45) is 5.10 Å². The minimum atomic E-state index is -0.261. The monoisotopic (exact) mass is 367 g/mol. The number of benzene rings is 2. The summed E-state index contributed by atoms with van der Waals surface area (Å²) < 4.78 is 5.08. The van der Waals surface area contributed by atoms with Crippen molar-refractivity contribution in [2.45, 2.75) is 5.03 Å². The number of methoxy groups -OCH3 is 1. The number of nitrogens with one attached hydrogen (secondary N) is 1. The number of hydrazone groups is 1. The molecule has 0 saturated carbocycles. The third kappa shape index (κ3) is 4.52. The zero-order valence-electron chi connectivity index (χ0n) is 14.0. The summed E-state index contributed by atoms with van der Waals surface area (Å²) in [5.74, 6) is 0.572. The van der Waals surface area contributed by atoms with Crippen molar-refractivity contribution in [1.29, 1.82) is 0 Å². The Hall–Kier alpha value is -3.06. The number of hydrogen-bond acceptors (Lipinski definition) is 6. The maximum absolute atomic E-state index is 11.9. The maximum Gasteiger partial charge on any atom is 0.250 e. The van der Waals surface area contributed by atoms with Crippen molar-refractivity contribution < 1.29 is 14.6 Å². The number of pyridine rings is 1. The van der Waals surface area contributed by atoms with E-state index in [2.05, 4.69) is 15.5 Å². The first-order chi connectivity index (χ1) is 12.7. The Labute approximate surface area is 154 Å². The molecule has 3 aromatic rings. The highest BCUT2D eigenvalue weighted by molar-refractivity contribution is 7.99. The van der Waals surface area contributed by atoms with Crippen LogP contribution in [0.4, 0.5) is 0 Å². The van der Waals surface area contributed by atoms with Crippen molar-refractivity contribution in [3.8, 4) is 11.5 Å². The van der Waals surface area contributed by atoms with Gasteiger partial charge in [0, 0.05) is 10.9 Å². The van der Waals surface area contributed by atoms with Gasteiger partial charge in [-0.15, -0.1) is 0 Å². The van der Waals surface area contributed by atoms with Gasteiger partial charge in [-0.25, -0.2) is 10.4 Å². The van der Waals surface area contributed by atoms with E-state index in [0.717, 1.165) is 15.9 Å². The number of carbonyl (C=O) groups is 1. The average Bonchev–Trinajstić information content (AvgIpc) is 2.67. The van der Waals surface area contributed by atoms with Crippen molar-refractivity contribution in [2.75, 3.05) is 12.9 Å². The minimum Gasteiger partial charge on any atom is -0.507 e. The third-order valence-electron chi connectivity index (χ3n) is 3.55. The summed E-state index contributed by atoms with van der Waals surface area (Å²) in [7, 11) is 1.53. The summed E-state index contributed by atoms with van der Waals surface area (Å²) in [6.07, 6.45) is 1.37. The number of phenolic OH excluding ortho intramolecular Hbond substituents is 1. The molecule has 0 saturated heterocycles. The van der Waals surface area contributed by atoms with Gasteiger partial charge >= 0.3 is 0 Å². The molecule has 7 heteroatoms. The largest absolute Gasteiger partial charge is 0.507 e. The Balaban J connectivity index is 1.55. The first-order valence-corrected chi connectivity index (χ1v) is 8.82. The number of phenols is 1. The fourth-order valence-corrected chi connectivity index (χ4v) is 2.91. The first kappa shape index (κ1) is 17.8. The van der Waals surface area contributed by atoms with E-state index in [1.165, 1.54) is 31.2 Å². The molecule has 26 heavy (non-hydrogen) atoms. The van der Waals surface area contributed by atoms with E-state index in [9.17, 15) is 9.90 Å². The van der Waals surface area contributed by atoms with Crippen LogP contribution < -0.4 is 10.2 Å². The Bertz CT molecular complexity index is 960. The molecule has 0 aliphatic carbocycles. The van der Waals surface area contributed by atoms with E-state index < -0.39 is 0 Å². The smallest absolute Gasteiger partial charge is 0.250 e. The molecule has 0 aliphatic heterocycles. The summed E-state index contributed by atoms with van der Waals surface area (Å²) in [4.78, 5) is 16.4.